The van der Waals surface area contributed by atoms with Crippen LogP contribution in [0.2, 0.25) is 5.02 Å². The van der Waals surface area contributed by atoms with Crippen molar-refractivity contribution in [2.45, 2.75) is 0 Å². The van der Waals surface area contributed by atoms with Gasteiger partial charge in [0.2, 0.25) is 0 Å². The van der Waals surface area contributed by atoms with Gasteiger partial charge < -0.3 is 4.90 Å². The largest absolute Gasteiger partial charge is 0.327 e. The number of nitrogens with zero attached hydrogens (tertiary/aromatic N) is 1. The van der Waals surface area contributed by atoms with E-state index in [4.69, 9.17) is 11.6 Å². The van der Waals surface area contributed by atoms with Gasteiger partial charge in [-0.3, -0.25) is 9.69 Å². The third-order valence-corrected chi connectivity index (χ3v) is 4.14. The Balaban J connectivity index is 1.64. The molecule has 1 heterocycles. The molecule has 3 nitrogen and oxygen atoms in total. The van der Waals surface area contributed by atoms with E-state index in [0.29, 0.717) is 0 Å². The quantitative estimate of drug-likeness (QED) is 0.902. The van der Waals surface area contributed by atoms with Crippen molar-refractivity contribution >= 4 is 23.2 Å². The first-order valence-corrected chi connectivity index (χ1v) is 7.57. The van der Waals surface area contributed by atoms with Crippen LogP contribution in [-0.4, -0.2) is 37.0 Å². The van der Waals surface area contributed by atoms with Crippen LogP contribution in [0.3, 0.4) is 0 Å². The summed E-state index contributed by atoms with van der Waals surface area (Å²) in [6.45, 7) is 3.38. The summed E-state index contributed by atoms with van der Waals surface area (Å²) in [5.41, 5.74) is 1.97. The fraction of sp³-hybridized carbons (Fsp3) is 0.235. The predicted octanol–water partition coefficient (Wildman–Crippen LogP) is 2.01. The van der Waals surface area contributed by atoms with E-state index in [-0.39, 0.29) is 5.91 Å². The average Bonchev–Trinajstić information content (AvgIpc) is 2.55. The minimum Gasteiger partial charge on any atom is -0.327 e. The van der Waals surface area contributed by atoms with Gasteiger partial charge in [-0.2, -0.15) is 0 Å². The molecule has 1 aliphatic heterocycles. The Morgan fingerprint density at radius 3 is 2.38 bits per heavy atom. The number of carbonyl (C=O) groups excluding carboxylic acids is 1. The van der Waals surface area contributed by atoms with E-state index < -0.39 is 0 Å². The lowest BCUT2D eigenvalue weighted by Crippen LogP contribution is -3.10. The molecule has 0 saturated carbocycles. The third-order valence-electron chi connectivity index (χ3n) is 3.91. The lowest BCUT2D eigenvalue weighted by Gasteiger charge is -2.32. The van der Waals surface area contributed by atoms with Gasteiger partial charge in [-0.25, -0.2) is 0 Å². The third kappa shape index (κ3) is 3.26. The van der Waals surface area contributed by atoms with Gasteiger partial charge in [0.15, 0.2) is 0 Å². The highest BCUT2D eigenvalue weighted by molar-refractivity contribution is 6.30. The lowest BCUT2D eigenvalue weighted by molar-refractivity contribution is -0.837. The summed E-state index contributed by atoms with van der Waals surface area (Å²) in [6, 6.07) is 17.4. The van der Waals surface area contributed by atoms with Crippen molar-refractivity contribution in [3.05, 3.63) is 65.2 Å². The zero-order valence-corrected chi connectivity index (χ0v) is 12.5. The molecule has 1 fully saturated rings. The maximum absolute atomic E-state index is 12.4. The molecule has 0 atom stereocenters. The molecular formula is C17H18ClN2O+. The van der Waals surface area contributed by atoms with E-state index in [1.165, 1.54) is 10.6 Å². The van der Waals surface area contributed by atoms with E-state index in [0.717, 1.165) is 36.8 Å². The summed E-state index contributed by atoms with van der Waals surface area (Å²) >= 11 is 6.05. The molecule has 0 aliphatic carbocycles. The first-order valence-electron chi connectivity index (χ1n) is 7.19. The van der Waals surface area contributed by atoms with E-state index in [9.17, 15) is 4.79 Å². The number of halogens is 1. The number of hydrogen-bond acceptors (Lipinski definition) is 1. The average molecular weight is 302 g/mol. The van der Waals surface area contributed by atoms with Gasteiger partial charge in [-0.05, 0) is 24.3 Å². The maximum Gasteiger partial charge on any atom is 0.254 e. The minimum atomic E-state index is 0.126. The zero-order valence-electron chi connectivity index (χ0n) is 11.8. The van der Waals surface area contributed by atoms with Crippen LogP contribution in [0.4, 0.5) is 5.69 Å². The van der Waals surface area contributed by atoms with E-state index >= 15 is 0 Å². The highest BCUT2D eigenvalue weighted by atomic mass is 35.5. The number of nitrogens with one attached hydrogen (secondary N) is 1. The second kappa shape index (κ2) is 6.29. The summed E-state index contributed by atoms with van der Waals surface area (Å²) in [7, 11) is 0. The monoisotopic (exact) mass is 301 g/mol. The Morgan fingerprint density at radius 2 is 1.71 bits per heavy atom. The molecule has 2 aromatic carbocycles. The summed E-state index contributed by atoms with van der Waals surface area (Å²) < 4.78 is 0. The molecule has 0 radical (unpaired) electrons. The zero-order chi connectivity index (χ0) is 14.7. The second-order valence-electron chi connectivity index (χ2n) is 5.27. The van der Waals surface area contributed by atoms with E-state index in [2.05, 4.69) is 6.07 Å². The number of quaternary nitrogens is 1. The van der Waals surface area contributed by atoms with Crippen LogP contribution in [-0.2, 0) is 0 Å². The molecule has 0 aromatic heterocycles. The number of amides is 1. The summed E-state index contributed by atoms with van der Waals surface area (Å²) in [5, 5.41) is 0.766. The molecule has 1 N–H and O–H groups in total. The summed E-state index contributed by atoms with van der Waals surface area (Å²) in [5.74, 6) is 0.126. The molecule has 1 amide bonds. The minimum absolute atomic E-state index is 0.126. The Morgan fingerprint density at radius 1 is 1.00 bits per heavy atom. The lowest BCUT2D eigenvalue weighted by atomic mass is 10.1. The van der Waals surface area contributed by atoms with Crippen LogP contribution in [0.15, 0.2) is 54.6 Å². The first-order chi connectivity index (χ1) is 10.2. The van der Waals surface area contributed by atoms with Crippen LogP contribution in [0.5, 0.6) is 0 Å². The van der Waals surface area contributed by atoms with Gasteiger partial charge in [0.1, 0.15) is 5.69 Å². The van der Waals surface area contributed by atoms with Gasteiger partial charge in [-0.1, -0.05) is 35.9 Å². The molecule has 108 valence electrons. The predicted molar refractivity (Wildman–Crippen MR) is 84.2 cm³/mol. The topological polar surface area (TPSA) is 24.8 Å². The molecule has 1 aliphatic rings. The van der Waals surface area contributed by atoms with Crippen molar-refractivity contribution in [1.29, 1.82) is 0 Å². The fourth-order valence-electron chi connectivity index (χ4n) is 2.74. The molecular weight excluding hydrogens is 284 g/mol. The van der Waals surface area contributed by atoms with Crippen LogP contribution in [0, 0.1) is 0 Å². The van der Waals surface area contributed by atoms with Crippen molar-refractivity contribution in [3.63, 3.8) is 0 Å². The molecule has 0 spiro atoms. The van der Waals surface area contributed by atoms with Gasteiger partial charge in [-0.15, -0.1) is 0 Å². The van der Waals surface area contributed by atoms with Crippen molar-refractivity contribution in [2.24, 2.45) is 0 Å². The van der Waals surface area contributed by atoms with Crippen LogP contribution < -0.4 is 4.90 Å². The maximum atomic E-state index is 12.4. The van der Waals surface area contributed by atoms with Crippen LogP contribution in [0.25, 0.3) is 0 Å². The number of hydrogen-bond donors (Lipinski definition) is 1. The van der Waals surface area contributed by atoms with Gasteiger partial charge >= 0.3 is 0 Å². The molecule has 3 rings (SSSR count). The van der Waals surface area contributed by atoms with Crippen molar-refractivity contribution in [3.8, 4) is 0 Å². The number of benzene rings is 2. The Kier molecular flexibility index (Phi) is 4.23. The van der Waals surface area contributed by atoms with Crippen LogP contribution >= 0.6 is 11.6 Å². The van der Waals surface area contributed by atoms with Gasteiger partial charge in [0, 0.05) is 16.7 Å². The van der Waals surface area contributed by atoms with Crippen LogP contribution in [0.1, 0.15) is 10.4 Å². The Hall–Kier alpha value is -1.84. The van der Waals surface area contributed by atoms with Gasteiger partial charge in [0.25, 0.3) is 5.91 Å². The molecule has 2 aromatic rings. The van der Waals surface area contributed by atoms with Crippen molar-refractivity contribution in [2.75, 3.05) is 26.2 Å². The molecule has 0 bridgehead atoms. The summed E-state index contributed by atoms with van der Waals surface area (Å²) in [4.78, 5) is 15.7. The van der Waals surface area contributed by atoms with Crippen molar-refractivity contribution < 1.29 is 9.69 Å². The Bertz CT molecular complexity index is 622. The van der Waals surface area contributed by atoms with E-state index in [1.807, 2.05) is 53.4 Å². The molecule has 21 heavy (non-hydrogen) atoms. The highest BCUT2D eigenvalue weighted by Gasteiger charge is 2.25. The molecule has 4 heteroatoms. The number of rotatable bonds is 2. The summed E-state index contributed by atoms with van der Waals surface area (Å²) in [6.07, 6.45) is 0. The standard InChI is InChI=1S/C17H17ClN2O/c18-15-7-4-8-16(13-15)19-9-11-20(12-10-19)17(21)14-5-2-1-3-6-14/h1-8,13H,9-12H2/p+1. The second-order valence-corrected chi connectivity index (χ2v) is 5.71. The van der Waals surface area contributed by atoms with Gasteiger partial charge in [0.05, 0.1) is 26.2 Å². The molecule has 0 unspecified atom stereocenters. The highest BCUT2D eigenvalue weighted by Crippen LogP contribution is 2.12. The number of piperazine rings is 1. The normalized spacial score (nSPS) is 16.0. The smallest absolute Gasteiger partial charge is 0.254 e. The fourth-order valence-corrected chi connectivity index (χ4v) is 2.93. The molecule has 1 saturated heterocycles. The number of carbonyl (C=O) groups is 1. The van der Waals surface area contributed by atoms with Crippen molar-refractivity contribution in [1.82, 2.24) is 4.90 Å². The Labute approximate surface area is 129 Å². The SMILES string of the molecule is O=C(c1ccccc1)N1CC[NH+](c2cccc(Cl)c2)CC1. The first kappa shape index (κ1) is 14.1. The van der Waals surface area contributed by atoms with E-state index in [1.54, 1.807) is 0 Å².